The first-order valence-corrected chi connectivity index (χ1v) is 6.28. The lowest BCUT2D eigenvalue weighted by atomic mass is 10.2. The number of rotatable bonds is 3. The Hall–Kier alpha value is -2.13. The number of fused-ring (bicyclic) bond motifs is 1. The molecule has 3 nitrogen and oxygen atoms in total. The second-order valence-corrected chi connectivity index (χ2v) is 4.59. The second-order valence-electron chi connectivity index (χ2n) is 4.16. The Bertz CT molecular complexity index is 701. The quantitative estimate of drug-likeness (QED) is 0.725. The van der Waals surface area contributed by atoms with Crippen LogP contribution in [-0.4, -0.2) is 10.2 Å². The van der Waals surface area contributed by atoms with Gasteiger partial charge in [0.2, 0.25) is 5.88 Å². The van der Waals surface area contributed by atoms with Crippen molar-refractivity contribution in [2.75, 3.05) is 0 Å². The minimum Gasteiger partial charge on any atom is -0.471 e. The van der Waals surface area contributed by atoms with Gasteiger partial charge in [-0.2, -0.15) is 5.10 Å². The average molecular weight is 271 g/mol. The van der Waals surface area contributed by atoms with Crippen LogP contribution in [0.5, 0.6) is 5.88 Å². The SMILES string of the molecule is Clc1ccc2c(OCc3ccccc3)nncc2c1. The van der Waals surface area contributed by atoms with Crippen LogP contribution in [0.2, 0.25) is 5.02 Å². The van der Waals surface area contributed by atoms with Crippen molar-refractivity contribution < 1.29 is 4.74 Å². The molecule has 0 saturated heterocycles. The summed E-state index contributed by atoms with van der Waals surface area (Å²) in [5.41, 5.74) is 1.09. The highest BCUT2D eigenvalue weighted by atomic mass is 35.5. The van der Waals surface area contributed by atoms with Gasteiger partial charge in [0.05, 0.1) is 6.20 Å². The van der Waals surface area contributed by atoms with Crippen LogP contribution in [0.4, 0.5) is 0 Å². The molecule has 0 spiro atoms. The Kier molecular flexibility index (Phi) is 3.29. The third kappa shape index (κ3) is 2.66. The molecular formula is C15H11ClN2O. The Labute approximate surface area is 115 Å². The summed E-state index contributed by atoms with van der Waals surface area (Å²) in [7, 11) is 0. The Balaban J connectivity index is 1.89. The van der Waals surface area contributed by atoms with Gasteiger partial charge < -0.3 is 4.74 Å². The first-order chi connectivity index (χ1) is 9.33. The Morgan fingerprint density at radius 2 is 1.89 bits per heavy atom. The summed E-state index contributed by atoms with van der Waals surface area (Å²) in [6.07, 6.45) is 1.68. The maximum absolute atomic E-state index is 5.95. The maximum atomic E-state index is 5.95. The van der Waals surface area contributed by atoms with Crippen molar-refractivity contribution in [1.29, 1.82) is 0 Å². The third-order valence-corrected chi connectivity index (χ3v) is 3.04. The Morgan fingerprint density at radius 1 is 1.05 bits per heavy atom. The maximum Gasteiger partial charge on any atom is 0.241 e. The monoisotopic (exact) mass is 270 g/mol. The molecule has 19 heavy (non-hydrogen) atoms. The molecule has 0 saturated carbocycles. The number of hydrogen-bond acceptors (Lipinski definition) is 3. The third-order valence-electron chi connectivity index (χ3n) is 2.81. The zero-order chi connectivity index (χ0) is 13.1. The molecule has 3 aromatic rings. The van der Waals surface area contributed by atoms with Crippen LogP contribution in [0.3, 0.4) is 0 Å². The van der Waals surface area contributed by atoms with E-state index >= 15 is 0 Å². The molecule has 0 aliphatic carbocycles. The van der Waals surface area contributed by atoms with E-state index in [0.717, 1.165) is 16.3 Å². The van der Waals surface area contributed by atoms with Crippen molar-refractivity contribution in [3.8, 4) is 5.88 Å². The zero-order valence-electron chi connectivity index (χ0n) is 10.1. The fraction of sp³-hybridized carbons (Fsp3) is 0.0667. The van der Waals surface area contributed by atoms with E-state index in [4.69, 9.17) is 16.3 Å². The van der Waals surface area contributed by atoms with Crippen molar-refractivity contribution in [3.05, 3.63) is 65.3 Å². The van der Waals surface area contributed by atoms with Crippen molar-refractivity contribution in [1.82, 2.24) is 10.2 Å². The highest BCUT2D eigenvalue weighted by molar-refractivity contribution is 6.31. The van der Waals surface area contributed by atoms with Gasteiger partial charge in [-0.1, -0.05) is 41.9 Å². The normalized spacial score (nSPS) is 10.6. The van der Waals surface area contributed by atoms with Crippen LogP contribution < -0.4 is 4.74 Å². The van der Waals surface area contributed by atoms with E-state index in [-0.39, 0.29) is 0 Å². The lowest BCUT2D eigenvalue weighted by molar-refractivity contribution is 0.294. The molecule has 1 aromatic heterocycles. The van der Waals surface area contributed by atoms with E-state index < -0.39 is 0 Å². The van der Waals surface area contributed by atoms with Crippen LogP contribution in [0, 0.1) is 0 Å². The zero-order valence-corrected chi connectivity index (χ0v) is 10.8. The van der Waals surface area contributed by atoms with Crippen molar-refractivity contribution in [2.45, 2.75) is 6.61 Å². The molecule has 3 rings (SSSR count). The van der Waals surface area contributed by atoms with E-state index in [1.54, 1.807) is 6.20 Å². The summed E-state index contributed by atoms with van der Waals surface area (Å²) in [5.74, 6) is 0.526. The number of nitrogens with zero attached hydrogens (tertiary/aromatic N) is 2. The second kappa shape index (κ2) is 5.24. The van der Waals surface area contributed by atoms with Gasteiger partial charge >= 0.3 is 0 Å². The lowest BCUT2D eigenvalue weighted by Crippen LogP contribution is -1.98. The largest absolute Gasteiger partial charge is 0.471 e. The van der Waals surface area contributed by atoms with Crippen molar-refractivity contribution in [3.63, 3.8) is 0 Å². The number of ether oxygens (including phenoxy) is 1. The summed E-state index contributed by atoms with van der Waals surface area (Å²) < 4.78 is 5.73. The molecule has 0 aliphatic rings. The molecule has 0 unspecified atom stereocenters. The molecular weight excluding hydrogens is 260 g/mol. The molecule has 0 bridgehead atoms. The summed E-state index contributed by atoms with van der Waals surface area (Å²) in [6, 6.07) is 15.5. The first-order valence-electron chi connectivity index (χ1n) is 5.90. The number of halogens is 1. The van der Waals surface area contributed by atoms with E-state index in [9.17, 15) is 0 Å². The summed E-state index contributed by atoms with van der Waals surface area (Å²) in [6.45, 7) is 0.470. The predicted molar refractivity (Wildman–Crippen MR) is 75.3 cm³/mol. The molecule has 2 aromatic carbocycles. The van der Waals surface area contributed by atoms with Crippen LogP contribution >= 0.6 is 11.6 Å². The summed E-state index contributed by atoms with van der Waals surface area (Å²) in [5, 5.41) is 10.5. The standard InChI is InChI=1S/C15H11ClN2O/c16-13-6-7-14-12(8-13)9-17-18-15(14)19-10-11-4-2-1-3-5-11/h1-9H,10H2. The molecule has 0 fully saturated rings. The minimum absolute atomic E-state index is 0.470. The van der Waals surface area contributed by atoms with E-state index in [1.807, 2.05) is 48.5 Å². The Morgan fingerprint density at radius 3 is 2.74 bits per heavy atom. The molecule has 1 heterocycles. The van der Waals surface area contributed by atoms with Crippen molar-refractivity contribution in [2.24, 2.45) is 0 Å². The molecule has 0 aliphatic heterocycles. The van der Waals surface area contributed by atoms with Gasteiger partial charge in [0.25, 0.3) is 0 Å². The van der Waals surface area contributed by atoms with Gasteiger partial charge in [-0.3, -0.25) is 0 Å². The topological polar surface area (TPSA) is 35.0 Å². The molecule has 0 radical (unpaired) electrons. The number of hydrogen-bond donors (Lipinski definition) is 0. The van der Waals surface area contributed by atoms with Crippen LogP contribution in [0.25, 0.3) is 10.8 Å². The van der Waals surface area contributed by atoms with Gasteiger partial charge in [-0.05, 0) is 23.8 Å². The highest BCUT2D eigenvalue weighted by Gasteiger charge is 2.05. The van der Waals surface area contributed by atoms with Crippen molar-refractivity contribution >= 4 is 22.4 Å². The average Bonchev–Trinajstić information content (AvgIpc) is 2.45. The summed E-state index contributed by atoms with van der Waals surface area (Å²) >= 11 is 5.95. The molecule has 0 amide bonds. The van der Waals surface area contributed by atoms with Gasteiger partial charge in [-0.25, -0.2) is 0 Å². The fourth-order valence-electron chi connectivity index (χ4n) is 1.87. The van der Waals surface area contributed by atoms with Gasteiger partial charge in [0, 0.05) is 15.8 Å². The van der Waals surface area contributed by atoms with E-state index in [2.05, 4.69) is 10.2 Å². The van der Waals surface area contributed by atoms with Crippen LogP contribution in [0.15, 0.2) is 54.7 Å². The predicted octanol–water partition coefficient (Wildman–Crippen LogP) is 3.86. The van der Waals surface area contributed by atoms with Crippen LogP contribution in [0.1, 0.15) is 5.56 Å². The van der Waals surface area contributed by atoms with E-state index in [1.165, 1.54) is 0 Å². The van der Waals surface area contributed by atoms with E-state index in [0.29, 0.717) is 17.5 Å². The smallest absolute Gasteiger partial charge is 0.241 e. The minimum atomic E-state index is 0.470. The number of aromatic nitrogens is 2. The molecule has 0 atom stereocenters. The summed E-state index contributed by atoms with van der Waals surface area (Å²) in [4.78, 5) is 0. The molecule has 4 heteroatoms. The van der Waals surface area contributed by atoms with Gasteiger partial charge in [-0.15, -0.1) is 5.10 Å². The van der Waals surface area contributed by atoms with Gasteiger partial charge in [0.1, 0.15) is 6.61 Å². The first kappa shape index (κ1) is 11.9. The molecule has 94 valence electrons. The molecule has 0 N–H and O–H groups in total. The van der Waals surface area contributed by atoms with Gasteiger partial charge in [0.15, 0.2) is 0 Å². The number of benzene rings is 2. The highest BCUT2D eigenvalue weighted by Crippen LogP contribution is 2.25. The fourth-order valence-corrected chi connectivity index (χ4v) is 2.05. The van der Waals surface area contributed by atoms with Crippen LogP contribution in [-0.2, 0) is 6.61 Å². The lowest BCUT2D eigenvalue weighted by Gasteiger charge is -2.07.